The quantitative estimate of drug-likeness (QED) is 0.326. The monoisotopic (exact) mass is 444 g/mol. The Labute approximate surface area is 168 Å². The summed E-state index contributed by atoms with van der Waals surface area (Å²) in [5.41, 5.74) is 0.599. The Morgan fingerprint density at radius 1 is 1.32 bits per heavy atom. The topological polar surface area (TPSA) is 99.6 Å². The smallest absolute Gasteiger partial charge is 0.311 e. The molecule has 2 aromatic carbocycles. The van der Waals surface area contributed by atoms with Crippen LogP contribution in [0, 0.1) is 10.1 Å². The van der Waals surface area contributed by atoms with Gasteiger partial charge in [-0.2, -0.15) is 9.78 Å². The van der Waals surface area contributed by atoms with Gasteiger partial charge in [-0.05, 0) is 36.8 Å². The highest BCUT2D eigenvalue weighted by Gasteiger charge is 2.15. The average Bonchev–Trinajstić information content (AvgIpc) is 2.68. The second kappa shape index (κ2) is 8.30. The van der Waals surface area contributed by atoms with Gasteiger partial charge in [0.05, 0.1) is 29.2 Å². The van der Waals surface area contributed by atoms with Crippen LogP contribution in [0.15, 0.2) is 50.8 Å². The highest BCUT2D eigenvalue weighted by Crippen LogP contribution is 2.27. The number of halogens is 1. The summed E-state index contributed by atoms with van der Waals surface area (Å²) in [5.74, 6) is 0.685. The number of aromatic nitrogens is 2. The second-order valence-corrected chi connectivity index (χ2v) is 6.91. The molecule has 144 valence electrons. The average molecular weight is 445 g/mol. The molecule has 0 saturated heterocycles. The summed E-state index contributed by atoms with van der Waals surface area (Å²) < 4.78 is 7.01. The van der Waals surface area contributed by atoms with Crippen molar-refractivity contribution >= 4 is 38.7 Å². The summed E-state index contributed by atoms with van der Waals surface area (Å²) in [5, 5.41) is 15.9. The van der Waals surface area contributed by atoms with Crippen molar-refractivity contribution < 1.29 is 9.66 Å². The highest BCUT2D eigenvalue weighted by atomic mass is 79.9. The number of hydrogen-bond acceptors (Lipinski definition) is 6. The van der Waals surface area contributed by atoms with Crippen LogP contribution in [-0.4, -0.2) is 27.9 Å². The first kappa shape index (κ1) is 19.7. The lowest BCUT2D eigenvalue weighted by Crippen LogP contribution is -2.22. The molecule has 1 aromatic heterocycles. The molecule has 0 aliphatic rings. The Balaban J connectivity index is 2.12. The Morgan fingerprint density at radius 3 is 2.79 bits per heavy atom. The number of nitro benzene ring substituents is 1. The van der Waals surface area contributed by atoms with Gasteiger partial charge in [-0.15, -0.1) is 0 Å². The van der Waals surface area contributed by atoms with Gasteiger partial charge in [0.2, 0.25) is 0 Å². The molecule has 0 aliphatic carbocycles. The Hall–Kier alpha value is -3.07. The molecule has 3 aromatic rings. The zero-order valence-electron chi connectivity index (χ0n) is 15.3. The van der Waals surface area contributed by atoms with Crippen LogP contribution in [0.3, 0.4) is 0 Å². The zero-order valence-corrected chi connectivity index (χ0v) is 16.8. The third-order valence-corrected chi connectivity index (χ3v) is 4.56. The molecule has 0 saturated carbocycles. The molecular formula is C19H17BrN4O4. The van der Waals surface area contributed by atoms with E-state index in [0.29, 0.717) is 28.7 Å². The van der Waals surface area contributed by atoms with Crippen molar-refractivity contribution in [2.75, 3.05) is 7.11 Å². The predicted octanol–water partition coefficient (Wildman–Crippen LogP) is 3.91. The van der Waals surface area contributed by atoms with Crippen molar-refractivity contribution in [2.45, 2.75) is 19.8 Å². The number of benzene rings is 2. The lowest BCUT2D eigenvalue weighted by Gasteiger charge is -2.08. The number of aryl methyl sites for hydroxylation is 1. The highest BCUT2D eigenvalue weighted by molar-refractivity contribution is 9.10. The fourth-order valence-corrected chi connectivity index (χ4v) is 3.11. The van der Waals surface area contributed by atoms with E-state index in [1.807, 2.05) is 13.0 Å². The van der Waals surface area contributed by atoms with Crippen LogP contribution in [0.25, 0.3) is 10.9 Å². The first-order chi connectivity index (χ1) is 13.4. The standard InChI is InChI=1S/C19H17BrN4O4/c1-3-4-18-22-15-7-6-13(20)10-14(15)19(25)23(18)21-11-12-5-8-17(28-2)16(9-12)24(26)27/h5-11H,3-4H2,1-2H3. The van der Waals surface area contributed by atoms with Crippen LogP contribution >= 0.6 is 15.9 Å². The molecule has 0 fully saturated rings. The fourth-order valence-electron chi connectivity index (χ4n) is 2.75. The summed E-state index contributed by atoms with van der Waals surface area (Å²) in [7, 11) is 1.37. The molecule has 3 rings (SSSR count). The van der Waals surface area contributed by atoms with Gasteiger partial charge in [0.15, 0.2) is 5.75 Å². The van der Waals surface area contributed by atoms with Gasteiger partial charge in [0.25, 0.3) is 5.56 Å². The number of methoxy groups -OCH3 is 1. The van der Waals surface area contributed by atoms with Crippen molar-refractivity contribution in [1.29, 1.82) is 0 Å². The third kappa shape index (κ3) is 3.94. The molecule has 28 heavy (non-hydrogen) atoms. The number of rotatable bonds is 6. The van der Waals surface area contributed by atoms with E-state index < -0.39 is 4.92 Å². The van der Waals surface area contributed by atoms with E-state index in [9.17, 15) is 14.9 Å². The minimum absolute atomic E-state index is 0.156. The SMILES string of the molecule is CCCc1nc2ccc(Br)cc2c(=O)n1N=Cc1ccc(OC)c([N+](=O)[O-])c1. The van der Waals surface area contributed by atoms with E-state index in [0.717, 1.165) is 10.9 Å². The first-order valence-electron chi connectivity index (χ1n) is 8.52. The first-order valence-corrected chi connectivity index (χ1v) is 9.32. The minimum Gasteiger partial charge on any atom is -0.490 e. The van der Waals surface area contributed by atoms with Gasteiger partial charge < -0.3 is 4.74 Å². The molecule has 9 heteroatoms. The molecule has 0 atom stereocenters. The van der Waals surface area contributed by atoms with Gasteiger partial charge in [-0.3, -0.25) is 14.9 Å². The van der Waals surface area contributed by atoms with E-state index in [2.05, 4.69) is 26.0 Å². The maximum Gasteiger partial charge on any atom is 0.311 e. The lowest BCUT2D eigenvalue weighted by atomic mass is 10.2. The number of hydrogen-bond donors (Lipinski definition) is 0. The third-order valence-electron chi connectivity index (χ3n) is 4.07. The molecule has 0 amide bonds. The van der Waals surface area contributed by atoms with E-state index in [1.54, 1.807) is 18.2 Å². The summed E-state index contributed by atoms with van der Waals surface area (Å²) in [6.07, 6.45) is 2.76. The van der Waals surface area contributed by atoms with E-state index >= 15 is 0 Å². The van der Waals surface area contributed by atoms with Crippen molar-refractivity contribution in [3.8, 4) is 5.75 Å². The molecule has 0 spiro atoms. The van der Waals surface area contributed by atoms with Gasteiger partial charge in [-0.25, -0.2) is 4.98 Å². The number of nitro groups is 1. The maximum absolute atomic E-state index is 12.9. The summed E-state index contributed by atoms with van der Waals surface area (Å²) in [6, 6.07) is 9.77. The molecule has 0 N–H and O–H groups in total. The molecule has 0 aliphatic heterocycles. The predicted molar refractivity (Wildman–Crippen MR) is 110 cm³/mol. The molecule has 0 unspecified atom stereocenters. The number of nitrogens with zero attached hydrogens (tertiary/aromatic N) is 4. The van der Waals surface area contributed by atoms with Crippen LogP contribution in [0.4, 0.5) is 5.69 Å². The normalized spacial score (nSPS) is 11.2. The number of ether oxygens (including phenoxy) is 1. The van der Waals surface area contributed by atoms with Crippen molar-refractivity contribution in [3.63, 3.8) is 0 Å². The van der Waals surface area contributed by atoms with Gasteiger partial charge in [-0.1, -0.05) is 22.9 Å². The lowest BCUT2D eigenvalue weighted by molar-refractivity contribution is -0.385. The van der Waals surface area contributed by atoms with Gasteiger partial charge >= 0.3 is 5.69 Å². The Kier molecular flexibility index (Phi) is 5.84. The van der Waals surface area contributed by atoms with Gasteiger partial charge in [0, 0.05) is 22.5 Å². The fraction of sp³-hybridized carbons (Fsp3) is 0.211. The number of fused-ring (bicyclic) bond motifs is 1. The van der Waals surface area contributed by atoms with Crippen molar-refractivity contribution in [3.05, 3.63) is 72.7 Å². The maximum atomic E-state index is 12.9. The summed E-state index contributed by atoms with van der Waals surface area (Å²) >= 11 is 3.36. The van der Waals surface area contributed by atoms with Crippen LogP contribution in [0.1, 0.15) is 24.7 Å². The van der Waals surface area contributed by atoms with E-state index in [4.69, 9.17) is 4.74 Å². The van der Waals surface area contributed by atoms with Crippen LogP contribution < -0.4 is 10.3 Å². The molecule has 1 heterocycles. The van der Waals surface area contributed by atoms with Crippen LogP contribution in [0.5, 0.6) is 5.75 Å². The van der Waals surface area contributed by atoms with Crippen LogP contribution in [0.2, 0.25) is 0 Å². The molecule has 0 radical (unpaired) electrons. The molecular weight excluding hydrogens is 428 g/mol. The van der Waals surface area contributed by atoms with Crippen LogP contribution in [-0.2, 0) is 6.42 Å². The minimum atomic E-state index is -0.528. The molecule has 8 nitrogen and oxygen atoms in total. The summed E-state index contributed by atoms with van der Waals surface area (Å²) in [4.78, 5) is 28.1. The zero-order chi connectivity index (χ0) is 20.3. The largest absolute Gasteiger partial charge is 0.490 e. The summed E-state index contributed by atoms with van der Waals surface area (Å²) in [6.45, 7) is 1.98. The molecule has 0 bridgehead atoms. The van der Waals surface area contributed by atoms with E-state index in [1.165, 1.54) is 30.1 Å². The van der Waals surface area contributed by atoms with Gasteiger partial charge in [0.1, 0.15) is 5.82 Å². The Morgan fingerprint density at radius 2 is 2.11 bits per heavy atom. The van der Waals surface area contributed by atoms with Crippen molar-refractivity contribution in [1.82, 2.24) is 9.66 Å². The van der Waals surface area contributed by atoms with E-state index in [-0.39, 0.29) is 17.0 Å². The second-order valence-electron chi connectivity index (χ2n) is 5.99. The Bertz CT molecular complexity index is 1140. The van der Waals surface area contributed by atoms with Crippen molar-refractivity contribution in [2.24, 2.45) is 5.10 Å².